The third-order valence-corrected chi connectivity index (χ3v) is 6.50. The fraction of sp³-hybridized carbons (Fsp3) is 0.250. The molecule has 4 aromatic rings. The molecule has 0 spiro atoms. The number of anilines is 1. The van der Waals surface area contributed by atoms with Crippen LogP contribution in [0.4, 0.5) is 23.4 Å². The lowest BCUT2D eigenvalue weighted by atomic mass is 10.0. The van der Waals surface area contributed by atoms with E-state index in [9.17, 15) is 22.4 Å². The van der Waals surface area contributed by atoms with Crippen LogP contribution in [0.5, 0.6) is 0 Å². The Morgan fingerprint density at radius 2 is 1.82 bits per heavy atom. The van der Waals surface area contributed by atoms with E-state index in [1.54, 1.807) is 12.1 Å². The molecule has 39 heavy (non-hydrogen) atoms. The number of carbonyl (C=O) groups excluding carboxylic acids is 1. The van der Waals surface area contributed by atoms with Gasteiger partial charge in [-0.05, 0) is 42.9 Å². The van der Waals surface area contributed by atoms with E-state index in [-0.39, 0.29) is 23.5 Å². The molecule has 0 atom stereocenters. The topological polar surface area (TPSA) is 77.1 Å². The normalized spacial score (nSPS) is 14.7. The van der Waals surface area contributed by atoms with E-state index in [1.807, 2.05) is 11.9 Å². The average Bonchev–Trinajstić information content (AvgIpc) is 3.28. The summed E-state index contributed by atoms with van der Waals surface area (Å²) in [5.41, 5.74) is 0.564. The maximum atomic E-state index is 13.9. The summed E-state index contributed by atoms with van der Waals surface area (Å²) in [6, 6.07) is 8.32. The van der Waals surface area contributed by atoms with Crippen LogP contribution in [0.2, 0.25) is 0 Å². The van der Waals surface area contributed by atoms with E-state index in [4.69, 9.17) is 0 Å². The molecule has 7 nitrogen and oxygen atoms in total. The molecule has 0 radical (unpaired) electrons. The van der Waals surface area contributed by atoms with E-state index < -0.39 is 23.5 Å². The van der Waals surface area contributed by atoms with E-state index in [2.05, 4.69) is 37.0 Å². The minimum atomic E-state index is -4.60. The number of hydrogen-bond donors (Lipinski definition) is 2. The Labute approximate surface area is 221 Å². The summed E-state index contributed by atoms with van der Waals surface area (Å²) >= 11 is 0. The number of alkyl halides is 3. The van der Waals surface area contributed by atoms with Crippen molar-refractivity contribution in [3.05, 3.63) is 88.6 Å². The molecule has 11 heteroatoms. The summed E-state index contributed by atoms with van der Waals surface area (Å²) < 4.78 is 55.5. The highest BCUT2D eigenvalue weighted by molar-refractivity contribution is 6.04. The fourth-order valence-corrected chi connectivity index (χ4v) is 4.32. The number of fused-ring (bicyclic) bond motifs is 1. The summed E-state index contributed by atoms with van der Waals surface area (Å²) in [6.07, 6.45) is -0.466. The van der Waals surface area contributed by atoms with Gasteiger partial charge in [-0.3, -0.25) is 9.69 Å². The number of hydrogen-bond acceptors (Lipinski definition) is 5. The average molecular weight is 537 g/mol. The first-order valence-electron chi connectivity index (χ1n) is 12.2. The van der Waals surface area contributed by atoms with Gasteiger partial charge < -0.3 is 15.2 Å². The molecule has 1 fully saturated rings. The SMILES string of the molecule is CN1CCN(Cc2ccc(C(=O)Nc3cc(C#Cc4cnc5[nH]cc(F)c5c4)ccn3)cc2C(F)(F)F)CC1. The Morgan fingerprint density at radius 3 is 2.59 bits per heavy atom. The molecule has 5 rings (SSSR count). The van der Waals surface area contributed by atoms with Crippen LogP contribution in [0, 0.1) is 17.7 Å². The van der Waals surface area contributed by atoms with Crippen LogP contribution in [-0.4, -0.2) is 63.9 Å². The van der Waals surface area contributed by atoms with Crippen molar-refractivity contribution in [1.82, 2.24) is 24.8 Å². The number of pyridine rings is 2. The summed E-state index contributed by atoms with van der Waals surface area (Å²) in [6.45, 7) is 3.09. The molecule has 200 valence electrons. The second-order valence-corrected chi connectivity index (χ2v) is 9.34. The molecule has 0 aliphatic carbocycles. The standard InChI is InChI=1S/C28H24F4N6O/c1-37-8-10-38(11-9-37)17-21-5-4-20(14-23(21)28(30,31)32)27(39)36-25-13-18(6-7-33-25)2-3-19-12-22-24(29)16-35-26(22)34-15-19/h4-7,12-16H,8-11,17H2,1H3,(H,34,35)(H,33,36,39). The molecule has 1 aliphatic rings. The lowest BCUT2D eigenvalue weighted by Gasteiger charge is -2.33. The van der Waals surface area contributed by atoms with Crippen molar-refractivity contribution in [3.8, 4) is 11.8 Å². The molecule has 3 aromatic heterocycles. The Bertz CT molecular complexity index is 1580. The molecule has 4 heterocycles. The molecular weight excluding hydrogens is 512 g/mol. The molecule has 0 unspecified atom stereocenters. The Morgan fingerprint density at radius 1 is 1.05 bits per heavy atom. The molecule has 2 N–H and O–H groups in total. The van der Waals surface area contributed by atoms with E-state index >= 15 is 0 Å². The minimum absolute atomic E-state index is 0.129. The van der Waals surface area contributed by atoms with Crippen LogP contribution < -0.4 is 5.32 Å². The number of benzene rings is 1. The van der Waals surface area contributed by atoms with Gasteiger partial charge in [0.15, 0.2) is 0 Å². The van der Waals surface area contributed by atoms with Crippen LogP contribution in [0.3, 0.4) is 0 Å². The van der Waals surface area contributed by atoms with E-state index in [1.165, 1.54) is 36.8 Å². The number of likely N-dealkylation sites (N-methyl/N-ethyl adjacent to an activating group) is 1. The number of nitrogens with one attached hydrogen (secondary N) is 2. The summed E-state index contributed by atoms with van der Waals surface area (Å²) in [7, 11) is 1.98. The van der Waals surface area contributed by atoms with Crippen molar-refractivity contribution in [3.63, 3.8) is 0 Å². The fourth-order valence-electron chi connectivity index (χ4n) is 4.32. The van der Waals surface area contributed by atoms with Crippen molar-refractivity contribution in [1.29, 1.82) is 0 Å². The molecular formula is C28H24F4N6O. The quantitative estimate of drug-likeness (QED) is 0.297. The number of H-pyrrole nitrogens is 1. The lowest BCUT2D eigenvalue weighted by molar-refractivity contribution is -0.138. The molecule has 1 aliphatic heterocycles. The van der Waals surface area contributed by atoms with Crippen molar-refractivity contribution < 1.29 is 22.4 Å². The van der Waals surface area contributed by atoms with Gasteiger partial charge in [0, 0.05) is 68.0 Å². The first-order chi connectivity index (χ1) is 18.7. The van der Waals surface area contributed by atoms with Crippen LogP contribution in [0.1, 0.15) is 32.6 Å². The lowest BCUT2D eigenvalue weighted by Crippen LogP contribution is -2.44. The van der Waals surface area contributed by atoms with Gasteiger partial charge in [0.05, 0.1) is 10.9 Å². The van der Waals surface area contributed by atoms with Crippen molar-refractivity contribution in [2.75, 3.05) is 38.5 Å². The Kier molecular flexibility index (Phi) is 7.32. The van der Waals surface area contributed by atoms with Crippen LogP contribution in [-0.2, 0) is 12.7 Å². The van der Waals surface area contributed by atoms with Crippen molar-refractivity contribution in [2.24, 2.45) is 0 Å². The van der Waals surface area contributed by atoms with E-state index in [0.29, 0.717) is 35.2 Å². The second-order valence-electron chi connectivity index (χ2n) is 9.34. The van der Waals surface area contributed by atoms with Gasteiger partial charge in [-0.25, -0.2) is 14.4 Å². The Balaban J connectivity index is 1.31. The monoisotopic (exact) mass is 536 g/mol. The molecule has 1 aromatic carbocycles. The number of piperazine rings is 1. The number of amides is 1. The molecule has 1 saturated heterocycles. The third-order valence-electron chi connectivity index (χ3n) is 6.50. The maximum Gasteiger partial charge on any atom is 0.416 e. The highest BCUT2D eigenvalue weighted by Gasteiger charge is 2.34. The van der Waals surface area contributed by atoms with Crippen LogP contribution in [0.15, 0.2) is 55.0 Å². The number of nitrogens with zero attached hydrogens (tertiary/aromatic N) is 4. The molecule has 0 bridgehead atoms. The zero-order valence-corrected chi connectivity index (χ0v) is 20.9. The highest BCUT2D eigenvalue weighted by atomic mass is 19.4. The van der Waals surface area contributed by atoms with Gasteiger partial charge in [0.1, 0.15) is 17.3 Å². The highest BCUT2D eigenvalue weighted by Crippen LogP contribution is 2.33. The third kappa shape index (κ3) is 6.25. The predicted octanol–water partition coefficient (Wildman–Crippen LogP) is 4.52. The van der Waals surface area contributed by atoms with Crippen molar-refractivity contribution >= 4 is 22.8 Å². The summed E-state index contributed by atoms with van der Waals surface area (Å²) in [4.78, 5) is 27.9. The first kappa shape index (κ1) is 26.3. The van der Waals surface area contributed by atoms with Gasteiger partial charge in [0.2, 0.25) is 0 Å². The van der Waals surface area contributed by atoms with Crippen LogP contribution >= 0.6 is 0 Å². The zero-order valence-electron chi connectivity index (χ0n) is 20.9. The van der Waals surface area contributed by atoms with Crippen molar-refractivity contribution in [2.45, 2.75) is 12.7 Å². The molecule has 1 amide bonds. The smallest absolute Gasteiger partial charge is 0.343 e. The zero-order chi connectivity index (χ0) is 27.6. The van der Waals surface area contributed by atoms with Gasteiger partial charge in [0.25, 0.3) is 5.91 Å². The van der Waals surface area contributed by atoms with Gasteiger partial charge in [-0.2, -0.15) is 13.2 Å². The number of aromatic nitrogens is 3. The van der Waals surface area contributed by atoms with Gasteiger partial charge in [-0.1, -0.05) is 17.9 Å². The number of aromatic amines is 1. The number of halogens is 4. The first-order valence-corrected chi connectivity index (χ1v) is 12.2. The predicted molar refractivity (Wildman–Crippen MR) is 138 cm³/mol. The second kappa shape index (κ2) is 10.8. The minimum Gasteiger partial charge on any atom is -0.343 e. The Hall–Kier alpha value is -4.27. The van der Waals surface area contributed by atoms with Gasteiger partial charge in [-0.15, -0.1) is 0 Å². The summed E-state index contributed by atoms with van der Waals surface area (Å²) in [5.74, 6) is 4.76. The van der Waals surface area contributed by atoms with E-state index in [0.717, 1.165) is 19.2 Å². The van der Waals surface area contributed by atoms with Gasteiger partial charge >= 0.3 is 6.18 Å². The largest absolute Gasteiger partial charge is 0.416 e. The summed E-state index contributed by atoms with van der Waals surface area (Å²) in [5, 5.41) is 2.86. The van der Waals surface area contributed by atoms with Crippen LogP contribution in [0.25, 0.3) is 11.0 Å². The maximum absolute atomic E-state index is 13.9. The number of rotatable bonds is 4. The number of carbonyl (C=O) groups is 1. The molecule has 0 saturated carbocycles.